The molecule has 0 bridgehead atoms. The quantitative estimate of drug-likeness (QED) is 0.733. The SMILES string of the molecule is CC(CNCc1c[nH]c2ccccc12)CC(=O)O. The van der Waals surface area contributed by atoms with Crippen LogP contribution in [0.2, 0.25) is 0 Å². The van der Waals surface area contributed by atoms with E-state index < -0.39 is 5.97 Å². The first-order valence-corrected chi connectivity index (χ1v) is 6.14. The average molecular weight is 246 g/mol. The van der Waals surface area contributed by atoms with Crippen LogP contribution in [0.15, 0.2) is 30.5 Å². The lowest BCUT2D eigenvalue weighted by atomic mass is 10.1. The first-order chi connectivity index (χ1) is 8.66. The number of H-pyrrole nitrogens is 1. The summed E-state index contributed by atoms with van der Waals surface area (Å²) in [6.45, 7) is 3.41. The lowest BCUT2D eigenvalue weighted by molar-refractivity contribution is -0.137. The zero-order chi connectivity index (χ0) is 13.0. The molecule has 0 fully saturated rings. The van der Waals surface area contributed by atoms with Gasteiger partial charge in [-0.1, -0.05) is 25.1 Å². The predicted molar refractivity (Wildman–Crippen MR) is 71.4 cm³/mol. The molecule has 4 heteroatoms. The van der Waals surface area contributed by atoms with E-state index in [0.717, 1.165) is 12.1 Å². The maximum atomic E-state index is 10.5. The topological polar surface area (TPSA) is 65.1 Å². The molecule has 0 saturated heterocycles. The van der Waals surface area contributed by atoms with Crippen LogP contribution in [0.1, 0.15) is 18.9 Å². The Labute approximate surface area is 106 Å². The van der Waals surface area contributed by atoms with Crippen molar-refractivity contribution in [3.63, 3.8) is 0 Å². The average Bonchev–Trinajstić information content (AvgIpc) is 2.72. The van der Waals surface area contributed by atoms with Crippen molar-refractivity contribution in [2.24, 2.45) is 5.92 Å². The smallest absolute Gasteiger partial charge is 0.303 e. The molecule has 3 N–H and O–H groups in total. The van der Waals surface area contributed by atoms with E-state index in [2.05, 4.69) is 16.4 Å². The van der Waals surface area contributed by atoms with Gasteiger partial charge in [0.25, 0.3) is 0 Å². The minimum atomic E-state index is -0.739. The Hall–Kier alpha value is -1.81. The fraction of sp³-hybridized carbons (Fsp3) is 0.357. The molecule has 1 aromatic carbocycles. The summed E-state index contributed by atoms with van der Waals surface area (Å²) in [5.74, 6) is -0.593. The number of aromatic amines is 1. The van der Waals surface area contributed by atoms with Gasteiger partial charge in [0.2, 0.25) is 0 Å². The second-order valence-electron chi connectivity index (χ2n) is 4.69. The van der Waals surface area contributed by atoms with Crippen LogP contribution >= 0.6 is 0 Å². The fourth-order valence-electron chi connectivity index (χ4n) is 2.10. The van der Waals surface area contributed by atoms with Gasteiger partial charge in [-0.2, -0.15) is 0 Å². The molecule has 1 unspecified atom stereocenters. The van der Waals surface area contributed by atoms with Gasteiger partial charge >= 0.3 is 5.97 Å². The van der Waals surface area contributed by atoms with Crippen molar-refractivity contribution >= 4 is 16.9 Å². The highest BCUT2D eigenvalue weighted by Crippen LogP contribution is 2.17. The van der Waals surface area contributed by atoms with Gasteiger partial charge in [0.15, 0.2) is 0 Å². The van der Waals surface area contributed by atoms with E-state index >= 15 is 0 Å². The Morgan fingerprint density at radius 1 is 1.44 bits per heavy atom. The van der Waals surface area contributed by atoms with Crippen LogP contribution < -0.4 is 5.32 Å². The molecule has 0 saturated carbocycles. The van der Waals surface area contributed by atoms with E-state index in [9.17, 15) is 4.79 Å². The number of carbonyl (C=O) groups is 1. The number of para-hydroxylation sites is 1. The maximum Gasteiger partial charge on any atom is 0.303 e. The number of hydrogen-bond donors (Lipinski definition) is 3. The highest BCUT2D eigenvalue weighted by atomic mass is 16.4. The number of aromatic nitrogens is 1. The van der Waals surface area contributed by atoms with Crippen molar-refractivity contribution in [2.45, 2.75) is 19.9 Å². The van der Waals surface area contributed by atoms with Crippen molar-refractivity contribution in [1.82, 2.24) is 10.3 Å². The van der Waals surface area contributed by atoms with Crippen LogP contribution in [0.25, 0.3) is 10.9 Å². The lowest BCUT2D eigenvalue weighted by Gasteiger charge is -2.09. The predicted octanol–water partition coefficient (Wildman–Crippen LogP) is 2.37. The molecule has 1 heterocycles. The molecular weight excluding hydrogens is 228 g/mol. The fourth-order valence-corrected chi connectivity index (χ4v) is 2.10. The zero-order valence-electron chi connectivity index (χ0n) is 10.4. The molecule has 0 amide bonds. The van der Waals surface area contributed by atoms with Gasteiger partial charge in [-0.15, -0.1) is 0 Å². The summed E-state index contributed by atoms with van der Waals surface area (Å²) < 4.78 is 0. The molecule has 1 aromatic heterocycles. The molecule has 0 spiro atoms. The number of carboxylic acid groups (broad SMARTS) is 1. The van der Waals surface area contributed by atoms with Crippen LogP contribution in [-0.2, 0) is 11.3 Å². The Balaban J connectivity index is 1.89. The van der Waals surface area contributed by atoms with E-state index in [0.29, 0.717) is 6.54 Å². The van der Waals surface area contributed by atoms with Crippen LogP contribution in [0.4, 0.5) is 0 Å². The first-order valence-electron chi connectivity index (χ1n) is 6.14. The van der Waals surface area contributed by atoms with E-state index in [1.165, 1.54) is 10.9 Å². The number of benzene rings is 1. The molecule has 2 aromatic rings. The van der Waals surface area contributed by atoms with Gasteiger partial charge in [-0.05, 0) is 24.1 Å². The summed E-state index contributed by atoms with van der Waals surface area (Å²) in [4.78, 5) is 13.8. The van der Waals surface area contributed by atoms with E-state index in [1.807, 2.05) is 31.3 Å². The number of hydrogen-bond acceptors (Lipinski definition) is 2. The van der Waals surface area contributed by atoms with E-state index in [-0.39, 0.29) is 12.3 Å². The molecule has 2 rings (SSSR count). The third-order valence-electron chi connectivity index (χ3n) is 3.01. The van der Waals surface area contributed by atoms with Crippen LogP contribution in [0.3, 0.4) is 0 Å². The highest BCUT2D eigenvalue weighted by Gasteiger charge is 2.07. The van der Waals surface area contributed by atoms with Crippen molar-refractivity contribution in [3.05, 3.63) is 36.0 Å². The molecule has 0 aliphatic rings. The van der Waals surface area contributed by atoms with Gasteiger partial charge in [0.05, 0.1) is 0 Å². The molecule has 1 atom stereocenters. The van der Waals surface area contributed by atoms with E-state index in [4.69, 9.17) is 5.11 Å². The molecule has 96 valence electrons. The number of aliphatic carboxylic acids is 1. The van der Waals surface area contributed by atoms with Gasteiger partial charge in [-0.3, -0.25) is 4.79 Å². The second kappa shape index (κ2) is 5.69. The monoisotopic (exact) mass is 246 g/mol. The van der Waals surface area contributed by atoms with E-state index in [1.54, 1.807) is 0 Å². The van der Waals surface area contributed by atoms with Gasteiger partial charge in [-0.25, -0.2) is 0 Å². The Morgan fingerprint density at radius 2 is 2.22 bits per heavy atom. The van der Waals surface area contributed by atoms with Gasteiger partial charge < -0.3 is 15.4 Å². The molecular formula is C14H18N2O2. The number of rotatable bonds is 6. The van der Waals surface area contributed by atoms with Crippen molar-refractivity contribution in [2.75, 3.05) is 6.54 Å². The number of carboxylic acids is 1. The van der Waals surface area contributed by atoms with Crippen LogP contribution in [0, 0.1) is 5.92 Å². The summed E-state index contributed by atoms with van der Waals surface area (Å²) >= 11 is 0. The van der Waals surface area contributed by atoms with Crippen molar-refractivity contribution in [1.29, 1.82) is 0 Å². The largest absolute Gasteiger partial charge is 0.481 e. The van der Waals surface area contributed by atoms with Gasteiger partial charge in [0.1, 0.15) is 0 Å². The van der Waals surface area contributed by atoms with Crippen LogP contribution in [0.5, 0.6) is 0 Å². The normalized spacial score (nSPS) is 12.7. The molecule has 18 heavy (non-hydrogen) atoms. The summed E-state index contributed by atoms with van der Waals surface area (Å²) in [6.07, 6.45) is 2.21. The third kappa shape index (κ3) is 3.11. The summed E-state index contributed by atoms with van der Waals surface area (Å²) in [5.41, 5.74) is 2.35. The first kappa shape index (κ1) is 12.6. The molecule has 0 aliphatic heterocycles. The Bertz CT molecular complexity index is 533. The van der Waals surface area contributed by atoms with Crippen molar-refractivity contribution < 1.29 is 9.90 Å². The number of fused-ring (bicyclic) bond motifs is 1. The molecule has 0 aliphatic carbocycles. The molecule has 4 nitrogen and oxygen atoms in total. The summed E-state index contributed by atoms with van der Waals surface area (Å²) in [7, 11) is 0. The maximum absolute atomic E-state index is 10.5. The number of nitrogens with one attached hydrogen (secondary N) is 2. The standard InChI is InChI=1S/C14H18N2O2/c1-10(6-14(17)18)7-15-8-11-9-16-13-5-3-2-4-12(11)13/h2-5,9-10,15-16H,6-8H2,1H3,(H,17,18). The van der Waals surface area contributed by atoms with Crippen LogP contribution in [-0.4, -0.2) is 22.6 Å². The lowest BCUT2D eigenvalue weighted by Crippen LogP contribution is -2.22. The minimum absolute atomic E-state index is 0.146. The summed E-state index contributed by atoms with van der Waals surface area (Å²) in [5, 5.41) is 13.2. The Morgan fingerprint density at radius 3 is 3.00 bits per heavy atom. The summed E-state index contributed by atoms with van der Waals surface area (Å²) in [6, 6.07) is 8.16. The Kier molecular flexibility index (Phi) is 3.99. The van der Waals surface area contributed by atoms with Crippen molar-refractivity contribution in [3.8, 4) is 0 Å². The molecule has 0 radical (unpaired) electrons. The highest BCUT2D eigenvalue weighted by molar-refractivity contribution is 5.82. The second-order valence-corrected chi connectivity index (χ2v) is 4.69. The zero-order valence-corrected chi connectivity index (χ0v) is 10.4. The minimum Gasteiger partial charge on any atom is -0.481 e. The van der Waals surface area contributed by atoms with Gasteiger partial charge in [0, 0.05) is 30.1 Å². The third-order valence-corrected chi connectivity index (χ3v) is 3.01.